The van der Waals surface area contributed by atoms with E-state index in [0.717, 1.165) is 36.0 Å². The molecule has 1 atom stereocenters. The molecule has 0 bridgehead atoms. The highest BCUT2D eigenvalue weighted by Crippen LogP contribution is 2.25. The number of nitrogens with zero attached hydrogens (tertiary/aromatic N) is 1. The smallest absolute Gasteiger partial charge is 0.135 e. The number of rotatable bonds is 2. The fraction of sp³-hybridized carbons (Fsp3) is 0.467. The van der Waals surface area contributed by atoms with Gasteiger partial charge in [0.05, 0.1) is 5.52 Å². The topological polar surface area (TPSA) is 17.0 Å². The Morgan fingerprint density at radius 1 is 1.39 bits per heavy atom. The molecule has 18 heavy (non-hydrogen) atoms. The van der Waals surface area contributed by atoms with Crippen LogP contribution in [0.25, 0.3) is 10.9 Å². The number of aromatic nitrogens is 1. The van der Waals surface area contributed by atoms with Gasteiger partial charge in [-0.25, -0.2) is 4.39 Å². The summed E-state index contributed by atoms with van der Waals surface area (Å²) in [4.78, 5) is 0. The van der Waals surface area contributed by atoms with Crippen LogP contribution in [0.3, 0.4) is 0 Å². The van der Waals surface area contributed by atoms with Crippen molar-refractivity contribution in [1.29, 1.82) is 0 Å². The maximum absolute atomic E-state index is 14.4. The summed E-state index contributed by atoms with van der Waals surface area (Å²) in [6.07, 6.45) is 5.18. The van der Waals surface area contributed by atoms with Crippen LogP contribution in [0.2, 0.25) is 0 Å². The molecule has 0 spiro atoms. The minimum Gasteiger partial charge on any atom is -0.350 e. The number of aryl methyl sites for hydroxylation is 1. The van der Waals surface area contributed by atoms with Gasteiger partial charge < -0.3 is 9.88 Å². The number of nitrogens with one attached hydrogen (secondary N) is 1. The largest absolute Gasteiger partial charge is 0.350 e. The number of hydrogen-bond acceptors (Lipinski definition) is 1. The summed E-state index contributed by atoms with van der Waals surface area (Å²) in [6, 6.07) is 5.85. The number of halogens is 1. The Kier molecular flexibility index (Phi) is 3.08. The Bertz CT molecular complexity index is 553. The van der Waals surface area contributed by atoms with Crippen LogP contribution < -0.4 is 5.32 Å². The lowest BCUT2D eigenvalue weighted by Gasteiger charge is -2.23. The zero-order valence-corrected chi connectivity index (χ0v) is 10.7. The zero-order valence-electron chi connectivity index (χ0n) is 10.7. The molecule has 96 valence electrons. The lowest BCUT2D eigenvalue weighted by molar-refractivity contribution is 0.372. The van der Waals surface area contributed by atoms with E-state index in [2.05, 4.69) is 5.32 Å². The summed E-state index contributed by atoms with van der Waals surface area (Å²) in [6.45, 7) is 2.13. The van der Waals surface area contributed by atoms with Gasteiger partial charge in [0, 0.05) is 18.6 Å². The Labute approximate surface area is 107 Å². The molecule has 0 aliphatic carbocycles. The van der Waals surface area contributed by atoms with Crippen LogP contribution in [0.4, 0.5) is 4.39 Å². The van der Waals surface area contributed by atoms with Gasteiger partial charge in [-0.05, 0) is 56.0 Å². The van der Waals surface area contributed by atoms with E-state index in [0.29, 0.717) is 5.92 Å². The van der Waals surface area contributed by atoms with Crippen molar-refractivity contribution in [1.82, 2.24) is 9.88 Å². The van der Waals surface area contributed by atoms with Gasteiger partial charge in [0.15, 0.2) is 0 Å². The average Bonchev–Trinajstić information content (AvgIpc) is 2.77. The fourth-order valence-electron chi connectivity index (χ4n) is 2.93. The molecular weight excluding hydrogens is 227 g/mol. The summed E-state index contributed by atoms with van der Waals surface area (Å²) in [5.74, 6) is 0.549. The van der Waals surface area contributed by atoms with E-state index in [9.17, 15) is 4.39 Å². The highest BCUT2D eigenvalue weighted by Gasteiger charge is 2.17. The highest BCUT2D eigenvalue weighted by atomic mass is 19.1. The molecule has 1 unspecified atom stereocenters. The van der Waals surface area contributed by atoms with Gasteiger partial charge in [-0.1, -0.05) is 6.07 Å². The molecule has 2 nitrogen and oxygen atoms in total. The molecular formula is C15H19FN2. The van der Waals surface area contributed by atoms with Gasteiger partial charge in [0.25, 0.3) is 0 Å². The zero-order chi connectivity index (χ0) is 12.5. The molecule has 1 aliphatic heterocycles. The monoisotopic (exact) mass is 246 g/mol. The summed E-state index contributed by atoms with van der Waals surface area (Å²) in [5, 5.41) is 4.14. The Hall–Kier alpha value is -1.35. The Morgan fingerprint density at radius 3 is 3.06 bits per heavy atom. The van der Waals surface area contributed by atoms with Crippen LogP contribution in [0.1, 0.15) is 18.4 Å². The van der Waals surface area contributed by atoms with Gasteiger partial charge >= 0.3 is 0 Å². The average molecular weight is 246 g/mol. The van der Waals surface area contributed by atoms with Crippen LogP contribution in [-0.2, 0) is 13.5 Å². The van der Waals surface area contributed by atoms with Crippen molar-refractivity contribution < 1.29 is 4.39 Å². The quantitative estimate of drug-likeness (QED) is 0.862. The third-order valence-electron chi connectivity index (χ3n) is 3.99. The maximum atomic E-state index is 14.4. The van der Waals surface area contributed by atoms with E-state index in [4.69, 9.17) is 0 Å². The molecule has 1 aromatic carbocycles. The van der Waals surface area contributed by atoms with Crippen molar-refractivity contribution >= 4 is 10.9 Å². The van der Waals surface area contributed by atoms with Crippen LogP contribution >= 0.6 is 0 Å². The molecule has 1 aliphatic rings. The first kappa shape index (κ1) is 11.7. The molecule has 1 fully saturated rings. The summed E-state index contributed by atoms with van der Waals surface area (Å²) >= 11 is 0. The van der Waals surface area contributed by atoms with Crippen molar-refractivity contribution in [2.75, 3.05) is 13.1 Å². The molecule has 0 radical (unpaired) electrons. The minimum atomic E-state index is -0.0290. The first-order valence-corrected chi connectivity index (χ1v) is 6.69. The van der Waals surface area contributed by atoms with E-state index in [1.165, 1.54) is 12.8 Å². The lowest BCUT2D eigenvalue weighted by atomic mass is 9.91. The van der Waals surface area contributed by atoms with E-state index in [1.807, 2.05) is 36.0 Å². The molecule has 2 aromatic rings. The molecule has 1 N–H and O–H groups in total. The predicted molar refractivity (Wildman–Crippen MR) is 72.2 cm³/mol. The van der Waals surface area contributed by atoms with Crippen molar-refractivity contribution in [2.24, 2.45) is 13.0 Å². The number of piperidine rings is 1. The molecule has 3 heteroatoms. The normalized spacial score (nSPS) is 20.4. The van der Waals surface area contributed by atoms with Crippen LogP contribution in [-0.4, -0.2) is 17.7 Å². The molecule has 0 saturated carbocycles. The van der Waals surface area contributed by atoms with Gasteiger partial charge in [0.1, 0.15) is 5.82 Å². The number of fused-ring (bicyclic) bond motifs is 1. The fourth-order valence-corrected chi connectivity index (χ4v) is 2.93. The number of benzene rings is 1. The van der Waals surface area contributed by atoms with Crippen molar-refractivity contribution in [2.45, 2.75) is 19.3 Å². The van der Waals surface area contributed by atoms with Gasteiger partial charge in [-0.3, -0.25) is 0 Å². The highest BCUT2D eigenvalue weighted by molar-refractivity contribution is 5.81. The first-order valence-electron chi connectivity index (χ1n) is 6.69. The molecule has 2 heterocycles. The third kappa shape index (κ3) is 2.03. The van der Waals surface area contributed by atoms with Gasteiger partial charge in [0.2, 0.25) is 0 Å². The van der Waals surface area contributed by atoms with Crippen LogP contribution in [0.5, 0.6) is 0 Å². The van der Waals surface area contributed by atoms with Crippen molar-refractivity contribution in [3.05, 3.63) is 35.8 Å². The standard InChI is InChI=1S/C15H19FN2/c1-18-8-6-13-14(18)5-4-12(15(13)16)9-11-3-2-7-17-10-11/h4-6,8,11,17H,2-3,7,9-10H2,1H3. The first-order chi connectivity index (χ1) is 8.75. The molecule has 1 saturated heterocycles. The van der Waals surface area contributed by atoms with E-state index in [1.54, 1.807) is 0 Å². The van der Waals surface area contributed by atoms with Crippen molar-refractivity contribution in [3.63, 3.8) is 0 Å². The molecule has 3 rings (SSSR count). The second kappa shape index (κ2) is 4.73. The third-order valence-corrected chi connectivity index (χ3v) is 3.99. The maximum Gasteiger partial charge on any atom is 0.135 e. The lowest BCUT2D eigenvalue weighted by Crippen LogP contribution is -2.31. The number of hydrogen-bond donors (Lipinski definition) is 1. The predicted octanol–water partition coefficient (Wildman–Crippen LogP) is 2.86. The van der Waals surface area contributed by atoms with E-state index in [-0.39, 0.29) is 5.82 Å². The summed E-state index contributed by atoms with van der Waals surface area (Å²) in [5.41, 5.74) is 1.83. The Balaban J connectivity index is 1.89. The van der Waals surface area contributed by atoms with Gasteiger partial charge in [-0.2, -0.15) is 0 Å². The molecule has 1 aromatic heterocycles. The molecule has 0 amide bonds. The van der Waals surface area contributed by atoms with Gasteiger partial charge in [-0.15, -0.1) is 0 Å². The van der Waals surface area contributed by atoms with Crippen LogP contribution in [0, 0.1) is 11.7 Å². The second-order valence-electron chi connectivity index (χ2n) is 5.31. The van der Waals surface area contributed by atoms with E-state index < -0.39 is 0 Å². The van der Waals surface area contributed by atoms with Crippen LogP contribution in [0.15, 0.2) is 24.4 Å². The Morgan fingerprint density at radius 2 is 2.28 bits per heavy atom. The summed E-state index contributed by atoms with van der Waals surface area (Å²) < 4.78 is 16.4. The second-order valence-corrected chi connectivity index (χ2v) is 5.31. The minimum absolute atomic E-state index is 0.0290. The SMILES string of the molecule is Cn1ccc2c(F)c(CC3CCCNC3)ccc21. The van der Waals surface area contributed by atoms with E-state index >= 15 is 0 Å². The van der Waals surface area contributed by atoms with Crippen molar-refractivity contribution in [3.8, 4) is 0 Å². The summed E-state index contributed by atoms with van der Waals surface area (Å²) in [7, 11) is 1.95.